The Labute approximate surface area is 122 Å². The van der Waals surface area contributed by atoms with E-state index in [1.165, 1.54) is 19.3 Å². The molecule has 0 spiro atoms. The third-order valence-electron chi connectivity index (χ3n) is 3.19. The van der Waals surface area contributed by atoms with E-state index in [0.717, 1.165) is 25.3 Å². The van der Waals surface area contributed by atoms with Crippen LogP contribution in [0.3, 0.4) is 0 Å². The van der Waals surface area contributed by atoms with Gasteiger partial charge in [-0.2, -0.15) is 8.42 Å². The van der Waals surface area contributed by atoms with Crippen molar-refractivity contribution in [3.05, 3.63) is 12.7 Å². The third-order valence-corrected chi connectivity index (χ3v) is 4.20. The summed E-state index contributed by atoms with van der Waals surface area (Å²) >= 11 is 0. The predicted molar refractivity (Wildman–Crippen MR) is 81.2 cm³/mol. The lowest BCUT2D eigenvalue weighted by Crippen LogP contribution is -2.50. The second kappa shape index (κ2) is 9.13. The highest BCUT2D eigenvalue weighted by Crippen LogP contribution is 2.18. The molecule has 0 aliphatic carbocycles. The molecule has 1 amide bonds. The summed E-state index contributed by atoms with van der Waals surface area (Å²) < 4.78 is 31.1. The van der Waals surface area contributed by atoms with Gasteiger partial charge in [-0.3, -0.25) is 9.35 Å². The third kappa shape index (κ3) is 9.97. The van der Waals surface area contributed by atoms with Crippen molar-refractivity contribution in [3.8, 4) is 0 Å². The number of nitrogens with one attached hydrogen (secondary N) is 1. The maximum absolute atomic E-state index is 11.4. The molecule has 118 valence electrons. The van der Waals surface area contributed by atoms with E-state index in [2.05, 4.69) is 18.8 Å². The zero-order chi connectivity index (χ0) is 15.6. The van der Waals surface area contributed by atoms with Crippen LogP contribution >= 0.6 is 0 Å². The highest BCUT2D eigenvalue weighted by atomic mass is 32.2. The fourth-order valence-electron chi connectivity index (χ4n) is 2.22. The molecule has 0 aromatic rings. The average molecular weight is 305 g/mol. The quantitative estimate of drug-likeness (QED) is 0.349. The molecule has 0 rings (SSSR count). The average Bonchev–Trinajstić information content (AvgIpc) is 2.31. The molecule has 0 aromatic heterocycles. The molecule has 1 unspecified atom stereocenters. The Morgan fingerprint density at radius 1 is 1.25 bits per heavy atom. The van der Waals surface area contributed by atoms with Crippen molar-refractivity contribution in [2.45, 2.75) is 64.3 Å². The highest BCUT2D eigenvalue weighted by molar-refractivity contribution is 7.85. The highest BCUT2D eigenvalue weighted by Gasteiger charge is 2.30. The summed E-state index contributed by atoms with van der Waals surface area (Å²) in [6.07, 6.45) is 8.07. The smallest absolute Gasteiger partial charge is 0.267 e. The number of carbonyl (C=O) groups is 1. The Kier molecular flexibility index (Phi) is 8.73. The Hall–Kier alpha value is -0.880. The normalized spacial score (nSPS) is 14.6. The van der Waals surface area contributed by atoms with Crippen molar-refractivity contribution in [2.24, 2.45) is 0 Å². The van der Waals surface area contributed by atoms with E-state index >= 15 is 0 Å². The van der Waals surface area contributed by atoms with Gasteiger partial charge in [0.15, 0.2) is 0 Å². The minimum absolute atomic E-state index is 0.429. The molecule has 0 bridgehead atoms. The standard InChI is InChI=1S/C14H27NO4S/c1-4-6-7-8-9-10-11-14(3,12-20(17,18)19)15-13(16)5-2/h5H,2,4,6-12H2,1,3H3,(H,15,16)(H,17,18,19). The largest absolute Gasteiger partial charge is 0.346 e. The first-order valence-corrected chi connectivity index (χ1v) is 8.73. The Balaban J connectivity index is 4.38. The molecule has 0 aliphatic rings. The molecule has 20 heavy (non-hydrogen) atoms. The lowest BCUT2D eigenvalue weighted by atomic mass is 9.95. The number of rotatable bonds is 11. The molecule has 0 heterocycles. The van der Waals surface area contributed by atoms with Crippen LogP contribution in [0, 0.1) is 0 Å². The monoisotopic (exact) mass is 305 g/mol. The minimum Gasteiger partial charge on any atom is -0.346 e. The molecular formula is C14H27NO4S. The van der Waals surface area contributed by atoms with Crippen molar-refractivity contribution in [2.75, 3.05) is 5.75 Å². The van der Waals surface area contributed by atoms with E-state index in [9.17, 15) is 13.2 Å². The van der Waals surface area contributed by atoms with E-state index in [1.807, 2.05) is 0 Å². The van der Waals surface area contributed by atoms with Crippen LogP contribution in [0.2, 0.25) is 0 Å². The van der Waals surface area contributed by atoms with Crippen LogP contribution in [-0.4, -0.2) is 30.2 Å². The Bertz CT molecular complexity index is 405. The van der Waals surface area contributed by atoms with Gasteiger partial charge in [0, 0.05) is 0 Å². The molecule has 0 aromatic carbocycles. The molecule has 0 saturated heterocycles. The van der Waals surface area contributed by atoms with Crippen molar-refractivity contribution >= 4 is 16.0 Å². The van der Waals surface area contributed by atoms with Crippen LogP contribution < -0.4 is 5.32 Å². The van der Waals surface area contributed by atoms with Crippen LogP contribution in [0.5, 0.6) is 0 Å². The number of hydrogen-bond acceptors (Lipinski definition) is 3. The van der Waals surface area contributed by atoms with Crippen molar-refractivity contribution in [1.82, 2.24) is 5.32 Å². The maximum Gasteiger partial charge on any atom is 0.267 e. The molecule has 0 fully saturated rings. The number of carbonyl (C=O) groups excluding carboxylic acids is 1. The van der Waals surface area contributed by atoms with Gasteiger partial charge in [0.2, 0.25) is 5.91 Å². The number of amides is 1. The van der Waals surface area contributed by atoms with Gasteiger partial charge >= 0.3 is 0 Å². The van der Waals surface area contributed by atoms with Crippen LogP contribution in [0.15, 0.2) is 12.7 Å². The summed E-state index contributed by atoms with van der Waals surface area (Å²) in [4.78, 5) is 11.4. The fraction of sp³-hybridized carbons (Fsp3) is 0.786. The first-order chi connectivity index (χ1) is 9.22. The van der Waals surface area contributed by atoms with Gasteiger partial charge in [-0.25, -0.2) is 0 Å². The second-order valence-electron chi connectivity index (χ2n) is 5.50. The number of hydrogen-bond donors (Lipinski definition) is 2. The van der Waals surface area contributed by atoms with Crippen molar-refractivity contribution in [3.63, 3.8) is 0 Å². The van der Waals surface area contributed by atoms with Crippen LogP contribution in [0.4, 0.5) is 0 Å². The fourth-order valence-corrected chi connectivity index (χ4v) is 3.24. The summed E-state index contributed by atoms with van der Waals surface area (Å²) in [5.74, 6) is -0.906. The van der Waals surface area contributed by atoms with Crippen molar-refractivity contribution < 1.29 is 17.8 Å². The lowest BCUT2D eigenvalue weighted by molar-refractivity contribution is -0.118. The number of unbranched alkanes of at least 4 members (excludes halogenated alkanes) is 5. The molecule has 2 N–H and O–H groups in total. The SMILES string of the molecule is C=CC(=O)NC(C)(CCCCCCCC)CS(=O)(=O)O. The second-order valence-corrected chi connectivity index (χ2v) is 6.95. The van der Waals surface area contributed by atoms with E-state index in [1.54, 1.807) is 6.92 Å². The van der Waals surface area contributed by atoms with Gasteiger partial charge < -0.3 is 5.32 Å². The molecule has 1 atom stereocenters. The van der Waals surface area contributed by atoms with E-state index in [-0.39, 0.29) is 0 Å². The Morgan fingerprint density at radius 3 is 2.30 bits per heavy atom. The van der Waals surface area contributed by atoms with Gasteiger partial charge in [-0.15, -0.1) is 0 Å². The first-order valence-electron chi connectivity index (χ1n) is 7.12. The van der Waals surface area contributed by atoms with E-state index in [0.29, 0.717) is 6.42 Å². The summed E-state index contributed by atoms with van der Waals surface area (Å²) in [5.41, 5.74) is -0.955. The molecule has 0 radical (unpaired) electrons. The predicted octanol–water partition coefficient (Wildman–Crippen LogP) is 2.69. The first kappa shape index (κ1) is 19.1. The van der Waals surface area contributed by atoms with Gasteiger partial charge in [-0.1, -0.05) is 52.0 Å². The van der Waals surface area contributed by atoms with Crippen molar-refractivity contribution in [1.29, 1.82) is 0 Å². The van der Waals surface area contributed by atoms with E-state index in [4.69, 9.17) is 4.55 Å². The minimum atomic E-state index is -4.14. The summed E-state index contributed by atoms with van der Waals surface area (Å²) in [6, 6.07) is 0. The molecule has 6 heteroatoms. The maximum atomic E-state index is 11.4. The molecule has 0 aliphatic heterocycles. The summed E-state index contributed by atoms with van der Waals surface area (Å²) in [5, 5.41) is 2.61. The van der Waals surface area contributed by atoms with Gasteiger partial charge in [-0.05, 0) is 19.4 Å². The summed E-state index contributed by atoms with van der Waals surface area (Å²) in [7, 11) is -4.14. The van der Waals surface area contributed by atoms with Gasteiger partial charge in [0.05, 0.1) is 11.3 Å². The Morgan fingerprint density at radius 2 is 1.80 bits per heavy atom. The lowest BCUT2D eigenvalue weighted by Gasteiger charge is -2.29. The topological polar surface area (TPSA) is 83.5 Å². The molecule has 5 nitrogen and oxygen atoms in total. The summed E-state index contributed by atoms with van der Waals surface area (Å²) in [6.45, 7) is 7.13. The van der Waals surface area contributed by atoms with E-state index < -0.39 is 27.3 Å². The molecule has 0 saturated carbocycles. The van der Waals surface area contributed by atoms with Crippen LogP contribution in [0.1, 0.15) is 58.8 Å². The van der Waals surface area contributed by atoms with Crippen LogP contribution in [-0.2, 0) is 14.9 Å². The van der Waals surface area contributed by atoms with Crippen LogP contribution in [0.25, 0.3) is 0 Å². The van der Waals surface area contributed by atoms with Gasteiger partial charge in [0.1, 0.15) is 0 Å². The zero-order valence-electron chi connectivity index (χ0n) is 12.5. The van der Waals surface area contributed by atoms with Gasteiger partial charge in [0.25, 0.3) is 10.1 Å². The zero-order valence-corrected chi connectivity index (χ0v) is 13.3. The molecular weight excluding hydrogens is 278 g/mol.